The van der Waals surface area contributed by atoms with Crippen LogP contribution in [0.5, 0.6) is 5.75 Å². The molecule has 33 heavy (non-hydrogen) atoms. The van der Waals surface area contributed by atoms with Crippen LogP contribution in [0.15, 0.2) is 60.2 Å². The molecule has 0 unspecified atom stereocenters. The number of esters is 1. The molecule has 0 radical (unpaired) electrons. The zero-order valence-electron chi connectivity index (χ0n) is 18.3. The number of anilines is 1. The molecule has 2 fully saturated rings. The van der Waals surface area contributed by atoms with Gasteiger partial charge in [0.1, 0.15) is 5.75 Å². The summed E-state index contributed by atoms with van der Waals surface area (Å²) >= 11 is 0. The lowest BCUT2D eigenvalue weighted by Crippen LogP contribution is -2.33. The zero-order valence-corrected chi connectivity index (χ0v) is 18.3. The number of rotatable bonds is 6. The molecule has 1 saturated heterocycles. The van der Waals surface area contributed by atoms with Gasteiger partial charge in [0, 0.05) is 5.56 Å². The molecule has 2 bridgehead atoms. The van der Waals surface area contributed by atoms with E-state index in [1.165, 1.54) is 29.7 Å². The second kappa shape index (κ2) is 7.99. The number of Topliss-reactive ketones (excluding diaryl/α,β-unsaturated/α-hetero) is 1. The summed E-state index contributed by atoms with van der Waals surface area (Å²) in [7, 11) is 1.53. The number of methoxy groups -OCH3 is 1. The molecular weight excluding hydrogens is 422 g/mol. The largest absolute Gasteiger partial charge is 0.497 e. The standard InChI is InChI=1S/C26H23NO6/c1-14-10-17-12-20(14)23-22(17)24(29)27(25(23)30)18-5-3-4-16(11-18)26(31)33-13-21(28)15-6-8-19(32-2)9-7-15/h3-11,17,20,22-23H,12-13H2,1-2H3/t17-,20+,22+,23+/m0/s1. The second-order valence-electron chi connectivity index (χ2n) is 8.76. The average molecular weight is 445 g/mol. The Bertz CT molecular complexity index is 1200. The summed E-state index contributed by atoms with van der Waals surface area (Å²) in [5.74, 6) is -1.24. The third kappa shape index (κ3) is 3.44. The molecule has 1 heterocycles. The van der Waals surface area contributed by atoms with Crippen molar-refractivity contribution in [3.63, 3.8) is 0 Å². The van der Waals surface area contributed by atoms with Gasteiger partial charge in [-0.1, -0.05) is 17.7 Å². The Morgan fingerprint density at radius 3 is 2.45 bits per heavy atom. The van der Waals surface area contributed by atoms with E-state index < -0.39 is 12.6 Å². The van der Waals surface area contributed by atoms with Crippen molar-refractivity contribution >= 4 is 29.3 Å². The van der Waals surface area contributed by atoms with Gasteiger partial charge in [-0.15, -0.1) is 0 Å². The van der Waals surface area contributed by atoms with Crippen molar-refractivity contribution in [2.24, 2.45) is 23.7 Å². The molecule has 2 aromatic rings. The molecule has 1 saturated carbocycles. The van der Waals surface area contributed by atoms with Crippen molar-refractivity contribution in [3.05, 3.63) is 71.3 Å². The number of fused-ring (bicyclic) bond motifs is 5. The van der Waals surface area contributed by atoms with Crippen LogP contribution in [0.4, 0.5) is 5.69 Å². The molecule has 0 aromatic heterocycles. The molecule has 4 atom stereocenters. The van der Waals surface area contributed by atoms with Crippen molar-refractivity contribution in [3.8, 4) is 5.75 Å². The highest BCUT2D eigenvalue weighted by molar-refractivity contribution is 6.23. The van der Waals surface area contributed by atoms with Gasteiger partial charge in [0.2, 0.25) is 11.8 Å². The summed E-state index contributed by atoms with van der Waals surface area (Å²) in [6.45, 7) is 1.60. The first-order valence-corrected chi connectivity index (χ1v) is 10.9. The van der Waals surface area contributed by atoms with Crippen LogP contribution in [0, 0.1) is 23.7 Å². The maximum atomic E-state index is 13.1. The van der Waals surface area contributed by atoms with Crippen molar-refractivity contribution in [1.29, 1.82) is 0 Å². The van der Waals surface area contributed by atoms with Gasteiger partial charge in [0.05, 0.1) is 30.2 Å². The van der Waals surface area contributed by atoms with Gasteiger partial charge in [-0.3, -0.25) is 14.4 Å². The number of hydrogen-bond donors (Lipinski definition) is 0. The Balaban J connectivity index is 1.28. The minimum atomic E-state index is -0.699. The molecule has 3 aliphatic rings. The van der Waals surface area contributed by atoms with Crippen molar-refractivity contribution in [2.45, 2.75) is 13.3 Å². The first-order chi connectivity index (χ1) is 15.9. The summed E-state index contributed by atoms with van der Waals surface area (Å²) in [6.07, 6.45) is 2.98. The monoisotopic (exact) mass is 445 g/mol. The predicted molar refractivity (Wildman–Crippen MR) is 119 cm³/mol. The summed E-state index contributed by atoms with van der Waals surface area (Å²) in [6, 6.07) is 12.7. The SMILES string of the molecule is COc1ccc(C(=O)COC(=O)c2cccc(N3C(=O)[C@H]4[C@H](C3=O)[C@H]3C=C(C)[C@H]4C3)c2)cc1. The van der Waals surface area contributed by atoms with Crippen molar-refractivity contribution < 1.29 is 28.7 Å². The highest BCUT2D eigenvalue weighted by Gasteiger charge is 2.60. The fraction of sp³-hybridized carbons (Fsp3) is 0.308. The van der Waals surface area contributed by atoms with Crippen LogP contribution in [0.3, 0.4) is 0 Å². The molecule has 7 nitrogen and oxygen atoms in total. The Morgan fingerprint density at radius 1 is 1.00 bits per heavy atom. The third-order valence-corrected chi connectivity index (χ3v) is 6.97. The number of ketones is 1. The van der Waals surface area contributed by atoms with Gasteiger partial charge in [-0.25, -0.2) is 9.69 Å². The first kappa shape index (κ1) is 21.1. The number of carbonyl (C=O) groups excluding carboxylic acids is 4. The quantitative estimate of drug-likeness (QED) is 0.293. The van der Waals surface area contributed by atoms with E-state index in [1.807, 2.05) is 6.92 Å². The molecule has 5 rings (SSSR count). The van der Waals surface area contributed by atoms with Crippen molar-refractivity contribution in [1.82, 2.24) is 0 Å². The van der Waals surface area contributed by atoms with Gasteiger partial charge in [-0.05, 0) is 67.6 Å². The van der Waals surface area contributed by atoms with E-state index >= 15 is 0 Å². The fourth-order valence-electron chi connectivity index (χ4n) is 5.38. The highest BCUT2D eigenvalue weighted by Crippen LogP contribution is 2.55. The first-order valence-electron chi connectivity index (χ1n) is 10.9. The van der Waals surface area contributed by atoms with Crippen LogP contribution in [0.2, 0.25) is 0 Å². The van der Waals surface area contributed by atoms with E-state index in [-0.39, 0.29) is 46.8 Å². The number of hydrogen-bond acceptors (Lipinski definition) is 6. The molecule has 168 valence electrons. The van der Waals surface area contributed by atoms with E-state index in [4.69, 9.17) is 9.47 Å². The van der Waals surface area contributed by atoms with Gasteiger partial charge < -0.3 is 9.47 Å². The van der Waals surface area contributed by atoms with E-state index in [0.717, 1.165) is 6.42 Å². The summed E-state index contributed by atoms with van der Waals surface area (Å²) in [5, 5.41) is 0. The fourth-order valence-corrected chi connectivity index (χ4v) is 5.38. The molecule has 7 heteroatoms. The summed E-state index contributed by atoms with van der Waals surface area (Å²) < 4.78 is 10.3. The zero-order chi connectivity index (χ0) is 23.3. The average Bonchev–Trinajstić information content (AvgIpc) is 3.47. The lowest BCUT2D eigenvalue weighted by molar-refractivity contribution is -0.123. The maximum Gasteiger partial charge on any atom is 0.338 e. The van der Waals surface area contributed by atoms with E-state index in [0.29, 0.717) is 17.0 Å². The summed E-state index contributed by atoms with van der Waals surface area (Å²) in [4.78, 5) is 52.3. The maximum absolute atomic E-state index is 13.1. The number of benzene rings is 2. The molecule has 0 N–H and O–H groups in total. The second-order valence-corrected chi connectivity index (χ2v) is 8.76. The number of imide groups is 1. The smallest absolute Gasteiger partial charge is 0.338 e. The van der Waals surface area contributed by atoms with Crippen LogP contribution < -0.4 is 9.64 Å². The number of carbonyl (C=O) groups is 4. The molecular formula is C26H23NO6. The minimum absolute atomic E-state index is 0.110. The van der Waals surface area contributed by atoms with Gasteiger partial charge in [0.25, 0.3) is 0 Å². The lowest BCUT2D eigenvalue weighted by atomic mass is 9.82. The van der Waals surface area contributed by atoms with Crippen LogP contribution >= 0.6 is 0 Å². The van der Waals surface area contributed by atoms with Crippen LogP contribution in [0.1, 0.15) is 34.1 Å². The third-order valence-electron chi connectivity index (χ3n) is 6.97. The van der Waals surface area contributed by atoms with Gasteiger partial charge >= 0.3 is 5.97 Å². The Hall–Kier alpha value is -3.74. The Kier molecular flexibility index (Phi) is 5.12. The van der Waals surface area contributed by atoms with Crippen molar-refractivity contribution in [2.75, 3.05) is 18.6 Å². The Labute approximate surface area is 191 Å². The van der Waals surface area contributed by atoms with E-state index in [2.05, 4.69) is 6.08 Å². The minimum Gasteiger partial charge on any atom is -0.497 e. The summed E-state index contributed by atoms with van der Waals surface area (Å²) in [5.41, 5.74) is 2.11. The van der Waals surface area contributed by atoms with Crippen LogP contribution in [-0.4, -0.2) is 37.3 Å². The molecule has 2 amide bonds. The number of allylic oxidation sites excluding steroid dienone is 2. The topological polar surface area (TPSA) is 90.0 Å². The van der Waals surface area contributed by atoms with Crippen LogP contribution in [0.25, 0.3) is 0 Å². The molecule has 2 aliphatic carbocycles. The van der Waals surface area contributed by atoms with E-state index in [9.17, 15) is 19.2 Å². The molecule has 0 spiro atoms. The predicted octanol–water partition coefficient (Wildman–Crippen LogP) is 3.44. The van der Waals surface area contributed by atoms with Gasteiger partial charge in [0.15, 0.2) is 12.4 Å². The lowest BCUT2D eigenvalue weighted by Gasteiger charge is -2.19. The van der Waals surface area contributed by atoms with E-state index in [1.54, 1.807) is 36.4 Å². The highest BCUT2D eigenvalue weighted by atomic mass is 16.5. The molecule has 1 aliphatic heterocycles. The number of amides is 2. The number of nitrogens with zero attached hydrogens (tertiary/aromatic N) is 1. The van der Waals surface area contributed by atoms with Crippen LogP contribution in [-0.2, 0) is 14.3 Å². The number of ether oxygens (including phenoxy) is 2. The Morgan fingerprint density at radius 2 is 1.73 bits per heavy atom. The van der Waals surface area contributed by atoms with Gasteiger partial charge in [-0.2, -0.15) is 0 Å². The normalized spacial score (nSPS) is 25.2. The molecule has 2 aromatic carbocycles.